The maximum absolute atomic E-state index is 12.6. The Bertz CT molecular complexity index is 802. The van der Waals surface area contributed by atoms with Gasteiger partial charge < -0.3 is 15.0 Å². The lowest BCUT2D eigenvalue weighted by atomic mass is 9.84. The molecule has 0 unspecified atom stereocenters. The first kappa shape index (κ1) is 21.1. The summed E-state index contributed by atoms with van der Waals surface area (Å²) in [5.41, 5.74) is 4.05. The van der Waals surface area contributed by atoms with E-state index in [2.05, 4.69) is 29.4 Å². The van der Waals surface area contributed by atoms with Gasteiger partial charge in [-0.05, 0) is 74.0 Å². The predicted octanol–water partition coefficient (Wildman–Crippen LogP) is 5.60. The number of piperidine rings is 1. The Morgan fingerprint density at radius 3 is 2.27 bits per heavy atom. The molecule has 160 valence electrons. The average Bonchev–Trinajstić information content (AvgIpc) is 2.80. The van der Waals surface area contributed by atoms with Gasteiger partial charge in [-0.1, -0.05) is 43.5 Å². The van der Waals surface area contributed by atoms with E-state index < -0.39 is 0 Å². The number of nitrogens with zero attached hydrogens (tertiary/aromatic N) is 1. The van der Waals surface area contributed by atoms with E-state index in [1.54, 1.807) is 0 Å². The van der Waals surface area contributed by atoms with Gasteiger partial charge in [0.2, 0.25) is 0 Å². The van der Waals surface area contributed by atoms with Gasteiger partial charge in [-0.15, -0.1) is 0 Å². The van der Waals surface area contributed by atoms with Crippen LogP contribution in [0, 0.1) is 0 Å². The van der Waals surface area contributed by atoms with E-state index in [1.807, 2.05) is 36.4 Å². The fraction of sp³-hybridized carbons (Fsp3) is 0.500. The number of ether oxygens (including phenoxy) is 1. The van der Waals surface area contributed by atoms with Crippen LogP contribution in [0.1, 0.15) is 72.3 Å². The minimum Gasteiger partial charge on any atom is -0.373 e. The summed E-state index contributed by atoms with van der Waals surface area (Å²) in [6.45, 7) is 2.82. The standard InChI is InChI=1S/C26H34N2O2/c1-28-17-15-25(16-18-28)30-19-20-7-9-23(10-8-20)26(29)27-24-13-11-22(12-14-24)21-5-3-2-4-6-21/h7-14,21,25H,2-6,15-19H2,1H3,(H,27,29). The highest BCUT2D eigenvalue weighted by Crippen LogP contribution is 2.33. The van der Waals surface area contributed by atoms with Crippen LogP contribution in [0.4, 0.5) is 5.69 Å². The van der Waals surface area contributed by atoms with Gasteiger partial charge in [0.05, 0.1) is 12.7 Å². The molecule has 4 nitrogen and oxygen atoms in total. The maximum atomic E-state index is 12.6. The van der Waals surface area contributed by atoms with Gasteiger partial charge in [-0.3, -0.25) is 4.79 Å². The van der Waals surface area contributed by atoms with Gasteiger partial charge in [0.1, 0.15) is 0 Å². The number of carbonyl (C=O) groups excluding carboxylic acids is 1. The number of hydrogen-bond donors (Lipinski definition) is 1. The normalized spacial score (nSPS) is 19.0. The van der Waals surface area contributed by atoms with Gasteiger partial charge in [-0.2, -0.15) is 0 Å². The van der Waals surface area contributed by atoms with Crippen LogP contribution in [-0.2, 0) is 11.3 Å². The number of hydrogen-bond acceptors (Lipinski definition) is 3. The van der Waals surface area contributed by atoms with Crippen molar-refractivity contribution < 1.29 is 9.53 Å². The van der Waals surface area contributed by atoms with Gasteiger partial charge in [0, 0.05) is 24.3 Å². The predicted molar refractivity (Wildman–Crippen MR) is 122 cm³/mol. The Morgan fingerprint density at radius 2 is 1.60 bits per heavy atom. The van der Waals surface area contributed by atoms with Crippen molar-refractivity contribution in [1.29, 1.82) is 0 Å². The number of rotatable bonds is 6. The van der Waals surface area contributed by atoms with E-state index in [0.717, 1.165) is 37.2 Å². The molecule has 0 aromatic heterocycles. The SMILES string of the molecule is CN1CCC(OCc2ccc(C(=O)Nc3ccc(C4CCCCC4)cc3)cc2)CC1. The molecular formula is C26H34N2O2. The lowest BCUT2D eigenvalue weighted by Gasteiger charge is -2.28. The lowest BCUT2D eigenvalue weighted by Crippen LogP contribution is -2.34. The fourth-order valence-electron chi connectivity index (χ4n) is 4.60. The third-order valence-corrected chi connectivity index (χ3v) is 6.61. The summed E-state index contributed by atoms with van der Waals surface area (Å²) < 4.78 is 6.05. The van der Waals surface area contributed by atoms with Crippen LogP contribution >= 0.6 is 0 Å². The number of amides is 1. The second-order valence-electron chi connectivity index (χ2n) is 8.92. The molecule has 1 N–H and O–H groups in total. The first-order chi connectivity index (χ1) is 14.7. The molecular weight excluding hydrogens is 372 g/mol. The van der Waals surface area contributed by atoms with Crippen LogP contribution in [0.25, 0.3) is 0 Å². The second kappa shape index (κ2) is 10.2. The highest BCUT2D eigenvalue weighted by Gasteiger charge is 2.17. The summed E-state index contributed by atoms with van der Waals surface area (Å²) in [5.74, 6) is 0.621. The summed E-state index contributed by atoms with van der Waals surface area (Å²) in [6, 6.07) is 16.2. The first-order valence-electron chi connectivity index (χ1n) is 11.5. The molecule has 0 spiro atoms. The van der Waals surface area contributed by atoms with Crippen LogP contribution in [-0.4, -0.2) is 37.0 Å². The number of likely N-dealkylation sites (tertiary alicyclic amines) is 1. The molecule has 2 aromatic rings. The second-order valence-corrected chi connectivity index (χ2v) is 8.92. The van der Waals surface area contributed by atoms with Crippen molar-refractivity contribution in [3.05, 3.63) is 65.2 Å². The topological polar surface area (TPSA) is 41.6 Å². The van der Waals surface area contributed by atoms with E-state index in [9.17, 15) is 4.79 Å². The van der Waals surface area contributed by atoms with Crippen LogP contribution in [0.5, 0.6) is 0 Å². The Balaban J connectivity index is 1.27. The molecule has 1 amide bonds. The molecule has 2 fully saturated rings. The zero-order valence-corrected chi connectivity index (χ0v) is 18.1. The highest BCUT2D eigenvalue weighted by atomic mass is 16.5. The number of anilines is 1. The molecule has 0 bridgehead atoms. The largest absolute Gasteiger partial charge is 0.373 e. The minimum atomic E-state index is -0.0665. The molecule has 1 saturated heterocycles. The Hall–Kier alpha value is -2.17. The smallest absolute Gasteiger partial charge is 0.255 e. The van der Waals surface area contributed by atoms with Gasteiger partial charge in [0.15, 0.2) is 0 Å². The van der Waals surface area contributed by atoms with Gasteiger partial charge in [0.25, 0.3) is 5.91 Å². The first-order valence-corrected chi connectivity index (χ1v) is 11.5. The van der Waals surface area contributed by atoms with Crippen LogP contribution in [0.3, 0.4) is 0 Å². The van der Waals surface area contributed by atoms with E-state index >= 15 is 0 Å². The Kier molecular flexibility index (Phi) is 7.19. The monoisotopic (exact) mass is 406 g/mol. The zero-order chi connectivity index (χ0) is 20.8. The molecule has 1 aliphatic carbocycles. The molecule has 2 aliphatic rings. The summed E-state index contributed by atoms with van der Waals surface area (Å²) in [7, 11) is 2.16. The Morgan fingerprint density at radius 1 is 0.933 bits per heavy atom. The van der Waals surface area contributed by atoms with Crippen LogP contribution < -0.4 is 5.32 Å². The van der Waals surface area contributed by atoms with Crippen molar-refractivity contribution in [2.24, 2.45) is 0 Å². The highest BCUT2D eigenvalue weighted by molar-refractivity contribution is 6.04. The molecule has 2 aromatic carbocycles. The lowest BCUT2D eigenvalue weighted by molar-refractivity contribution is 0.00213. The Labute approximate surface area is 180 Å². The quantitative estimate of drug-likeness (QED) is 0.679. The summed E-state index contributed by atoms with van der Waals surface area (Å²) >= 11 is 0. The van der Waals surface area contributed by atoms with E-state index in [1.165, 1.54) is 37.7 Å². The van der Waals surface area contributed by atoms with Crippen LogP contribution in [0.15, 0.2) is 48.5 Å². The van der Waals surface area contributed by atoms with E-state index in [0.29, 0.717) is 24.2 Å². The van der Waals surface area contributed by atoms with Crippen molar-refractivity contribution in [3.8, 4) is 0 Å². The van der Waals surface area contributed by atoms with Crippen molar-refractivity contribution in [2.75, 3.05) is 25.5 Å². The van der Waals surface area contributed by atoms with Crippen molar-refractivity contribution >= 4 is 11.6 Å². The third kappa shape index (κ3) is 5.71. The molecule has 4 heteroatoms. The maximum Gasteiger partial charge on any atom is 0.255 e. The molecule has 1 saturated carbocycles. The van der Waals surface area contributed by atoms with E-state index in [-0.39, 0.29) is 5.91 Å². The summed E-state index contributed by atoms with van der Waals surface area (Å²) in [4.78, 5) is 14.9. The summed E-state index contributed by atoms with van der Waals surface area (Å²) in [6.07, 6.45) is 9.16. The average molecular weight is 407 g/mol. The molecule has 1 heterocycles. The van der Waals surface area contributed by atoms with Gasteiger partial charge >= 0.3 is 0 Å². The molecule has 0 atom stereocenters. The van der Waals surface area contributed by atoms with E-state index in [4.69, 9.17) is 4.74 Å². The van der Waals surface area contributed by atoms with Crippen molar-refractivity contribution in [3.63, 3.8) is 0 Å². The molecule has 30 heavy (non-hydrogen) atoms. The number of benzene rings is 2. The molecule has 1 aliphatic heterocycles. The van der Waals surface area contributed by atoms with Crippen LogP contribution in [0.2, 0.25) is 0 Å². The molecule has 4 rings (SSSR count). The fourth-order valence-corrected chi connectivity index (χ4v) is 4.60. The minimum absolute atomic E-state index is 0.0665. The molecule has 0 radical (unpaired) electrons. The summed E-state index contributed by atoms with van der Waals surface area (Å²) in [5, 5.41) is 3.02. The van der Waals surface area contributed by atoms with Crippen molar-refractivity contribution in [1.82, 2.24) is 4.90 Å². The third-order valence-electron chi connectivity index (χ3n) is 6.61. The van der Waals surface area contributed by atoms with Crippen molar-refractivity contribution in [2.45, 2.75) is 63.6 Å². The number of carbonyl (C=O) groups is 1. The zero-order valence-electron chi connectivity index (χ0n) is 18.1. The van der Waals surface area contributed by atoms with Gasteiger partial charge in [-0.25, -0.2) is 0 Å². The number of nitrogens with one attached hydrogen (secondary N) is 1.